The van der Waals surface area contributed by atoms with E-state index in [-0.39, 0.29) is 11.9 Å². The topological polar surface area (TPSA) is 55.1 Å². The summed E-state index contributed by atoms with van der Waals surface area (Å²) in [6.45, 7) is 4.52. The van der Waals surface area contributed by atoms with Gasteiger partial charge >= 0.3 is 0 Å². The van der Waals surface area contributed by atoms with Gasteiger partial charge in [0.05, 0.1) is 5.56 Å². The molecule has 0 heterocycles. The maximum atomic E-state index is 12.2. The molecule has 0 aliphatic heterocycles. The highest BCUT2D eigenvalue weighted by Gasteiger charge is 2.26. The average Bonchev–Trinajstić information content (AvgIpc) is 2.36. The molecule has 1 amide bonds. The zero-order chi connectivity index (χ0) is 14.0. The van der Waals surface area contributed by atoms with Crippen molar-refractivity contribution in [2.45, 2.75) is 39.2 Å². The number of nitrogens with one attached hydrogen (secondary N) is 1. The van der Waals surface area contributed by atoms with Crippen LogP contribution < -0.4 is 11.1 Å². The quantitative estimate of drug-likeness (QED) is 0.815. The summed E-state index contributed by atoms with van der Waals surface area (Å²) in [5.41, 5.74) is 6.77. The predicted molar refractivity (Wildman–Crippen MR) is 79.3 cm³/mol. The molecular formula is C15H21ClN2O. The Hall–Kier alpha value is -1.22. The van der Waals surface area contributed by atoms with Crippen molar-refractivity contribution >= 4 is 23.2 Å². The summed E-state index contributed by atoms with van der Waals surface area (Å²) in [7, 11) is 0. The zero-order valence-electron chi connectivity index (χ0n) is 11.4. The fourth-order valence-corrected chi connectivity index (χ4v) is 2.84. The van der Waals surface area contributed by atoms with Crippen molar-refractivity contribution in [1.29, 1.82) is 0 Å². The first kappa shape index (κ1) is 14.2. The minimum atomic E-state index is -0.119. The van der Waals surface area contributed by atoms with Gasteiger partial charge in [0.25, 0.3) is 5.91 Å². The molecule has 1 aromatic rings. The number of hydrogen-bond donors (Lipinski definition) is 2. The summed E-state index contributed by atoms with van der Waals surface area (Å²) in [4.78, 5) is 12.2. The molecule has 19 heavy (non-hydrogen) atoms. The van der Waals surface area contributed by atoms with Crippen LogP contribution in [0.2, 0.25) is 5.02 Å². The largest absolute Gasteiger partial charge is 0.398 e. The number of anilines is 1. The van der Waals surface area contributed by atoms with Crippen LogP contribution in [0, 0.1) is 11.8 Å². The van der Waals surface area contributed by atoms with Gasteiger partial charge in [0.1, 0.15) is 0 Å². The number of amides is 1. The first-order valence-electron chi connectivity index (χ1n) is 6.83. The summed E-state index contributed by atoms with van der Waals surface area (Å²) < 4.78 is 0. The second-order valence-electron chi connectivity index (χ2n) is 5.67. The number of hydrogen-bond acceptors (Lipinski definition) is 2. The average molecular weight is 281 g/mol. The zero-order valence-corrected chi connectivity index (χ0v) is 12.2. The first-order chi connectivity index (χ1) is 8.97. The number of carbonyl (C=O) groups is 1. The molecule has 3 nitrogen and oxygen atoms in total. The van der Waals surface area contributed by atoms with Crippen LogP contribution in [0.25, 0.3) is 0 Å². The molecule has 3 unspecified atom stereocenters. The maximum absolute atomic E-state index is 12.2. The summed E-state index contributed by atoms with van der Waals surface area (Å²) in [6, 6.07) is 5.24. The third-order valence-corrected chi connectivity index (χ3v) is 4.43. The van der Waals surface area contributed by atoms with Crippen molar-refractivity contribution in [2.75, 3.05) is 5.73 Å². The van der Waals surface area contributed by atoms with Crippen LogP contribution in [0.1, 0.15) is 43.5 Å². The Morgan fingerprint density at radius 3 is 2.74 bits per heavy atom. The Bertz CT molecular complexity index is 475. The molecule has 0 spiro atoms. The van der Waals surface area contributed by atoms with Crippen molar-refractivity contribution in [3.8, 4) is 0 Å². The highest BCUT2D eigenvalue weighted by molar-refractivity contribution is 6.31. The van der Waals surface area contributed by atoms with Gasteiger partial charge in [-0.15, -0.1) is 0 Å². The van der Waals surface area contributed by atoms with Gasteiger partial charge in [-0.3, -0.25) is 4.79 Å². The second kappa shape index (κ2) is 5.83. The van der Waals surface area contributed by atoms with E-state index in [1.807, 2.05) is 0 Å². The van der Waals surface area contributed by atoms with Crippen LogP contribution in [0.4, 0.5) is 5.69 Å². The van der Waals surface area contributed by atoms with E-state index in [1.165, 1.54) is 0 Å². The lowest BCUT2D eigenvalue weighted by Gasteiger charge is -2.32. The highest BCUT2D eigenvalue weighted by Crippen LogP contribution is 2.29. The van der Waals surface area contributed by atoms with E-state index >= 15 is 0 Å². The standard InChI is InChI=1S/C15H21ClN2O/c1-9-3-5-12(7-10(9)2)18-15(19)13-8-11(16)4-6-14(13)17/h4,6,8-10,12H,3,5,7,17H2,1-2H3,(H,18,19). The minimum Gasteiger partial charge on any atom is -0.398 e. The van der Waals surface area contributed by atoms with Gasteiger partial charge in [-0.1, -0.05) is 25.4 Å². The van der Waals surface area contributed by atoms with Gasteiger partial charge in [0, 0.05) is 16.8 Å². The van der Waals surface area contributed by atoms with Gasteiger partial charge in [-0.05, 0) is 49.3 Å². The van der Waals surface area contributed by atoms with Gasteiger partial charge in [-0.2, -0.15) is 0 Å². The molecule has 1 aliphatic carbocycles. The van der Waals surface area contributed by atoms with E-state index in [9.17, 15) is 4.79 Å². The molecular weight excluding hydrogens is 260 g/mol. The molecule has 3 N–H and O–H groups in total. The first-order valence-corrected chi connectivity index (χ1v) is 7.21. The lowest BCUT2D eigenvalue weighted by Crippen LogP contribution is -2.40. The molecule has 4 heteroatoms. The Balaban J connectivity index is 2.03. The number of benzene rings is 1. The normalized spacial score (nSPS) is 27.0. The molecule has 1 fully saturated rings. The monoisotopic (exact) mass is 280 g/mol. The van der Waals surface area contributed by atoms with E-state index < -0.39 is 0 Å². The SMILES string of the molecule is CC1CCC(NC(=O)c2cc(Cl)ccc2N)CC1C. The van der Waals surface area contributed by atoms with Crippen molar-refractivity contribution in [1.82, 2.24) is 5.32 Å². The Kier molecular flexibility index (Phi) is 4.35. The van der Waals surface area contributed by atoms with E-state index in [1.54, 1.807) is 18.2 Å². The predicted octanol–water partition coefficient (Wildman–Crippen LogP) is 3.48. The fourth-order valence-electron chi connectivity index (χ4n) is 2.67. The number of rotatable bonds is 2. The Morgan fingerprint density at radius 1 is 1.32 bits per heavy atom. The summed E-state index contributed by atoms with van der Waals surface area (Å²) in [5, 5.41) is 3.61. The Morgan fingerprint density at radius 2 is 2.05 bits per heavy atom. The van der Waals surface area contributed by atoms with Crippen molar-refractivity contribution < 1.29 is 4.79 Å². The maximum Gasteiger partial charge on any atom is 0.253 e. The molecule has 3 atom stereocenters. The molecule has 0 bridgehead atoms. The van der Waals surface area contributed by atoms with Gasteiger partial charge < -0.3 is 11.1 Å². The van der Waals surface area contributed by atoms with Crippen molar-refractivity contribution in [2.24, 2.45) is 11.8 Å². The van der Waals surface area contributed by atoms with Crippen LogP contribution in [0.3, 0.4) is 0 Å². The molecule has 0 aromatic heterocycles. The minimum absolute atomic E-state index is 0.119. The van der Waals surface area contributed by atoms with E-state index in [4.69, 9.17) is 17.3 Å². The van der Waals surface area contributed by atoms with Gasteiger partial charge in [0.15, 0.2) is 0 Å². The second-order valence-corrected chi connectivity index (χ2v) is 6.11. The number of halogens is 1. The summed E-state index contributed by atoms with van der Waals surface area (Å²) >= 11 is 5.91. The fraction of sp³-hybridized carbons (Fsp3) is 0.533. The summed E-state index contributed by atoms with van der Waals surface area (Å²) in [5.74, 6) is 1.27. The van der Waals surface area contributed by atoms with E-state index in [0.29, 0.717) is 22.2 Å². The van der Waals surface area contributed by atoms with Crippen LogP contribution >= 0.6 is 11.6 Å². The third-order valence-electron chi connectivity index (χ3n) is 4.19. The molecule has 1 aliphatic rings. The van der Waals surface area contributed by atoms with Crippen LogP contribution in [0.15, 0.2) is 18.2 Å². The smallest absolute Gasteiger partial charge is 0.253 e. The van der Waals surface area contributed by atoms with Crippen LogP contribution in [-0.2, 0) is 0 Å². The number of carbonyl (C=O) groups excluding carboxylic acids is 1. The van der Waals surface area contributed by atoms with Gasteiger partial charge in [0.2, 0.25) is 0 Å². The molecule has 2 rings (SSSR count). The lowest BCUT2D eigenvalue weighted by atomic mass is 9.79. The molecule has 1 saturated carbocycles. The van der Waals surface area contributed by atoms with Crippen molar-refractivity contribution in [3.63, 3.8) is 0 Å². The molecule has 104 valence electrons. The van der Waals surface area contributed by atoms with Crippen LogP contribution in [0.5, 0.6) is 0 Å². The third kappa shape index (κ3) is 3.41. The van der Waals surface area contributed by atoms with Gasteiger partial charge in [-0.25, -0.2) is 0 Å². The van der Waals surface area contributed by atoms with Crippen LogP contribution in [-0.4, -0.2) is 11.9 Å². The molecule has 0 saturated heterocycles. The Labute approximate surface area is 119 Å². The molecule has 0 radical (unpaired) electrons. The number of nitrogen functional groups attached to an aromatic ring is 1. The molecule has 1 aromatic carbocycles. The number of nitrogens with two attached hydrogens (primary N) is 1. The highest BCUT2D eigenvalue weighted by atomic mass is 35.5. The lowest BCUT2D eigenvalue weighted by molar-refractivity contribution is 0.0911. The van der Waals surface area contributed by atoms with E-state index in [2.05, 4.69) is 19.2 Å². The summed E-state index contributed by atoms with van der Waals surface area (Å²) in [6.07, 6.45) is 3.24. The van der Waals surface area contributed by atoms with Crippen molar-refractivity contribution in [3.05, 3.63) is 28.8 Å². The van der Waals surface area contributed by atoms with E-state index in [0.717, 1.165) is 25.2 Å².